The van der Waals surface area contributed by atoms with Gasteiger partial charge in [0.1, 0.15) is 12.8 Å². The molecule has 2 atom stereocenters. The van der Waals surface area contributed by atoms with Crippen molar-refractivity contribution in [3.05, 3.63) is 35.9 Å². The maximum absolute atomic E-state index is 12.9. The zero-order valence-electron chi connectivity index (χ0n) is 28.8. The summed E-state index contributed by atoms with van der Waals surface area (Å²) in [7, 11) is 0. The minimum absolute atomic E-state index is 0.0515. The van der Waals surface area contributed by atoms with Crippen LogP contribution in [0.5, 0.6) is 0 Å². The van der Waals surface area contributed by atoms with Gasteiger partial charge >= 0.3 is 0 Å². The van der Waals surface area contributed by atoms with Gasteiger partial charge in [0.05, 0.1) is 31.7 Å². The van der Waals surface area contributed by atoms with Gasteiger partial charge in [-0.2, -0.15) is 0 Å². The number of primary amides is 1. The van der Waals surface area contributed by atoms with E-state index in [-0.39, 0.29) is 56.8 Å². The van der Waals surface area contributed by atoms with Crippen molar-refractivity contribution in [3.63, 3.8) is 0 Å². The van der Waals surface area contributed by atoms with Gasteiger partial charge in [-0.25, -0.2) is 0 Å². The first-order valence-electron chi connectivity index (χ1n) is 16.3. The lowest BCUT2D eigenvalue weighted by Crippen LogP contribution is -2.52. The molecule has 7 N–H and O–H groups in total. The number of amides is 8. The van der Waals surface area contributed by atoms with Crippen molar-refractivity contribution >= 4 is 47.8 Å². The third-order valence-electron chi connectivity index (χ3n) is 7.33. The molecule has 1 unspecified atom stereocenters. The Morgan fingerprint density at radius 3 is 2.10 bits per heavy atom. The first-order chi connectivity index (χ1) is 23.2. The van der Waals surface area contributed by atoms with E-state index in [9.17, 15) is 38.4 Å². The van der Waals surface area contributed by atoms with Crippen LogP contribution in [-0.4, -0.2) is 97.2 Å². The zero-order valence-corrected chi connectivity index (χ0v) is 28.8. The summed E-state index contributed by atoms with van der Waals surface area (Å²) in [6, 6.07) is 7.80. The average Bonchev–Trinajstić information content (AvgIpc) is 3.05. The van der Waals surface area contributed by atoms with Crippen LogP contribution < -0.4 is 32.3 Å². The van der Waals surface area contributed by atoms with Gasteiger partial charge in [0, 0.05) is 25.3 Å². The third kappa shape index (κ3) is 18.9. The van der Waals surface area contributed by atoms with Crippen molar-refractivity contribution in [2.45, 2.75) is 84.3 Å². The quantitative estimate of drug-likeness (QED) is 0.0461. The Bertz CT molecular complexity index is 1270. The number of carbonyl (C=O) groups excluding carboxylic acids is 8. The van der Waals surface area contributed by atoms with Crippen LogP contribution in [0.15, 0.2) is 30.3 Å². The molecule has 0 heterocycles. The van der Waals surface area contributed by atoms with Crippen molar-refractivity contribution in [1.29, 1.82) is 0 Å². The van der Waals surface area contributed by atoms with Gasteiger partial charge in [-0.1, -0.05) is 50.6 Å². The van der Waals surface area contributed by atoms with E-state index in [1.54, 1.807) is 51.1 Å². The van der Waals surface area contributed by atoms with E-state index in [4.69, 9.17) is 10.5 Å². The van der Waals surface area contributed by atoms with Gasteiger partial charge in [0.2, 0.25) is 47.8 Å². The summed E-state index contributed by atoms with van der Waals surface area (Å²) in [5, 5.41) is 12.4. The Kier molecular flexibility index (Phi) is 19.5. The fourth-order valence-corrected chi connectivity index (χ4v) is 4.37. The second kappa shape index (κ2) is 22.7. The van der Waals surface area contributed by atoms with E-state index in [0.717, 1.165) is 10.5 Å². The maximum atomic E-state index is 12.9. The molecule has 0 aliphatic carbocycles. The summed E-state index contributed by atoms with van der Waals surface area (Å²) in [5.74, 6) is -3.88. The van der Waals surface area contributed by atoms with Crippen LogP contribution in [0.25, 0.3) is 0 Å². The number of unbranched alkanes of at least 4 members (excludes halogenated alkanes) is 2. The second-order valence-corrected chi connectivity index (χ2v) is 12.1. The first-order valence-corrected chi connectivity index (χ1v) is 16.3. The van der Waals surface area contributed by atoms with E-state index in [1.807, 2.05) is 6.92 Å². The molecule has 0 aliphatic rings. The predicted octanol–water partition coefficient (Wildman–Crippen LogP) is -0.602. The Morgan fingerprint density at radius 1 is 0.857 bits per heavy atom. The van der Waals surface area contributed by atoms with Crippen molar-refractivity contribution in [2.75, 3.05) is 32.9 Å². The lowest BCUT2D eigenvalue weighted by Gasteiger charge is -2.24. The number of imide groups is 1. The van der Waals surface area contributed by atoms with Crippen molar-refractivity contribution in [3.8, 4) is 0 Å². The number of nitrogens with zero attached hydrogens (tertiary/aromatic N) is 1. The molecule has 0 spiro atoms. The highest BCUT2D eigenvalue weighted by Gasteiger charge is 2.24. The van der Waals surface area contributed by atoms with Crippen molar-refractivity contribution in [1.82, 2.24) is 31.5 Å². The van der Waals surface area contributed by atoms with E-state index >= 15 is 0 Å². The van der Waals surface area contributed by atoms with Crippen LogP contribution in [0.4, 0.5) is 0 Å². The van der Waals surface area contributed by atoms with Crippen LogP contribution in [-0.2, 0) is 49.5 Å². The molecule has 16 nitrogen and oxygen atoms in total. The van der Waals surface area contributed by atoms with Crippen LogP contribution in [0.1, 0.15) is 71.8 Å². The molecular formula is C33H51N7O9. The summed E-state index contributed by atoms with van der Waals surface area (Å²) < 4.78 is 5.45. The molecule has 0 radical (unpaired) electrons. The Hall–Kier alpha value is -4.86. The van der Waals surface area contributed by atoms with Crippen LogP contribution in [0.3, 0.4) is 0 Å². The fraction of sp³-hybridized carbons (Fsp3) is 0.576. The number of carbonyl (C=O) groups is 8. The number of benzene rings is 1. The van der Waals surface area contributed by atoms with Crippen LogP contribution in [0.2, 0.25) is 0 Å². The maximum Gasteiger partial charge on any atom is 0.243 e. The molecular weight excluding hydrogens is 638 g/mol. The molecule has 0 saturated heterocycles. The number of nitrogens with one attached hydrogen (secondary N) is 5. The predicted molar refractivity (Wildman–Crippen MR) is 179 cm³/mol. The third-order valence-corrected chi connectivity index (χ3v) is 7.33. The molecule has 272 valence electrons. The van der Waals surface area contributed by atoms with Gasteiger partial charge in [-0.05, 0) is 38.7 Å². The van der Waals surface area contributed by atoms with Crippen molar-refractivity contribution in [2.24, 2.45) is 11.7 Å². The van der Waals surface area contributed by atoms with Crippen molar-refractivity contribution < 1.29 is 43.1 Å². The van der Waals surface area contributed by atoms with E-state index in [2.05, 4.69) is 26.6 Å². The normalized spacial score (nSPS) is 12.1. The van der Waals surface area contributed by atoms with E-state index < -0.39 is 54.3 Å². The largest absolute Gasteiger partial charge is 0.370 e. The molecule has 16 heteroatoms. The number of ether oxygens (including phenoxy) is 1. The topological polar surface area (TPSA) is 235 Å². The second-order valence-electron chi connectivity index (χ2n) is 12.1. The zero-order chi connectivity index (χ0) is 36.8. The van der Waals surface area contributed by atoms with E-state index in [1.165, 1.54) is 0 Å². The summed E-state index contributed by atoms with van der Waals surface area (Å²) in [4.78, 5) is 97.8. The molecule has 1 rings (SSSR count). The number of hydrogen-bond acceptors (Lipinski definition) is 9. The van der Waals surface area contributed by atoms with Gasteiger partial charge < -0.3 is 37.1 Å². The Balaban J connectivity index is 2.47. The molecule has 0 saturated carbocycles. The molecule has 0 fully saturated rings. The smallest absolute Gasteiger partial charge is 0.243 e. The summed E-state index contributed by atoms with van der Waals surface area (Å²) in [5.41, 5.74) is 5.02. The van der Waals surface area contributed by atoms with Crippen LogP contribution >= 0.6 is 0 Å². The number of hydrogen-bond donors (Lipinski definition) is 6. The molecule has 0 aliphatic heterocycles. The minimum Gasteiger partial charge on any atom is -0.370 e. The van der Waals surface area contributed by atoms with Gasteiger partial charge in [-0.3, -0.25) is 43.3 Å². The molecule has 8 amide bonds. The molecule has 0 bridgehead atoms. The van der Waals surface area contributed by atoms with Gasteiger partial charge in [0.25, 0.3) is 0 Å². The Labute approximate surface area is 287 Å². The highest BCUT2D eigenvalue weighted by molar-refractivity contribution is 5.93. The molecule has 1 aromatic carbocycles. The van der Waals surface area contributed by atoms with Gasteiger partial charge in [-0.15, -0.1) is 0 Å². The fourth-order valence-electron chi connectivity index (χ4n) is 4.37. The van der Waals surface area contributed by atoms with E-state index in [0.29, 0.717) is 32.1 Å². The highest BCUT2D eigenvalue weighted by atomic mass is 16.5. The number of nitrogens with two attached hydrogens (primary N) is 1. The minimum atomic E-state index is -1.07. The SMILES string of the molecule is CCC(C)C(=O)N(C=O)CCCCCC(=O)NCC(=O)NCC(=O)N[C@@H](Cc1ccccc1)C(=O)NCC(=O)NCOC(C)(C)CC(N)=O. The van der Waals surface area contributed by atoms with Gasteiger partial charge in [0.15, 0.2) is 0 Å². The lowest BCUT2D eigenvalue weighted by molar-refractivity contribution is -0.141. The highest BCUT2D eigenvalue weighted by Crippen LogP contribution is 2.12. The standard InChI is InChI=1S/C33H51N7O9/c1-5-23(2)32(48)40(22-41)15-11-7-10-14-27(43)35-18-28(44)36-20-30(46)39-25(16-24-12-8-6-9-13-24)31(47)37-19-29(45)38-21-49-33(3,4)17-26(34)42/h6,8-9,12-13,22-23,25H,5,7,10-11,14-21H2,1-4H3,(H2,34,42)(H,35,43)(H,36,44)(H,37,47)(H,38,45)(H,39,46)/t23?,25-/m0/s1. The Morgan fingerprint density at radius 2 is 1.47 bits per heavy atom. The first kappa shape index (κ1) is 42.2. The molecule has 49 heavy (non-hydrogen) atoms. The average molecular weight is 690 g/mol. The molecule has 0 aromatic heterocycles. The molecule has 1 aromatic rings. The summed E-state index contributed by atoms with van der Waals surface area (Å²) in [6.45, 7) is 5.72. The number of rotatable bonds is 24. The summed E-state index contributed by atoms with van der Waals surface area (Å²) in [6.07, 6.45) is 3.00. The lowest BCUT2D eigenvalue weighted by atomic mass is 10.1. The summed E-state index contributed by atoms with van der Waals surface area (Å²) >= 11 is 0. The van der Waals surface area contributed by atoms with Crippen LogP contribution in [0, 0.1) is 5.92 Å². The monoisotopic (exact) mass is 689 g/mol.